The first-order valence-electron chi connectivity index (χ1n) is 6.07. The third-order valence-electron chi connectivity index (χ3n) is 2.69. The highest BCUT2D eigenvalue weighted by Crippen LogP contribution is 2.14. The van der Waals surface area contributed by atoms with Crippen molar-refractivity contribution in [3.05, 3.63) is 65.7 Å². The van der Waals surface area contributed by atoms with Crippen LogP contribution in [0.15, 0.2) is 64.6 Å². The summed E-state index contributed by atoms with van der Waals surface area (Å²) in [6.45, 7) is 1.85. The molecular formula is C15H12N2O3S. The smallest absolute Gasteiger partial charge is 0.263 e. The molecule has 0 aliphatic rings. The molecule has 21 heavy (non-hydrogen) atoms. The standard InChI is InChI=1S/C15H12N2O3S/c1-12-7-9-14(10-8-12)21(18,19)20-17-15(11-16)13-5-3-2-4-6-13/h2-10H,1H3/b17-15-. The first kappa shape index (κ1) is 14.8. The maximum atomic E-state index is 12.0. The third kappa shape index (κ3) is 3.68. The Morgan fingerprint density at radius 3 is 2.29 bits per heavy atom. The average Bonchev–Trinajstić information content (AvgIpc) is 2.49. The summed E-state index contributed by atoms with van der Waals surface area (Å²) in [4.78, 5) is -0.0119. The fraction of sp³-hybridized carbons (Fsp3) is 0.0667. The fourth-order valence-corrected chi connectivity index (χ4v) is 2.30. The van der Waals surface area contributed by atoms with Crippen molar-refractivity contribution in [3.63, 3.8) is 0 Å². The highest BCUT2D eigenvalue weighted by atomic mass is 32.2. The Morgan fingerprint density at radius 2 is 1.71 bits per heavy atom. The van der Waals surface area contributed by atoms with Gasteiger partial charge in [0.05, 0.1) is 0 Å². The molecule has 0 amide bonds. The normalized spacial score (nSPS) is 11.7. The van der Waals surface area contributed by atoms with E-state index in [1.54, 1.807) is 42.5 Å². The second-order valence-corrected chi connectivity index (χ2v) is 5.79. The second kappa shape index (κ2) is 6.20. The molecule has 0 spiro atoms. The molecule has 106 valence electrons. The molecule has 0 fully saturated rings. The summed E-state index contributed by atoms with van der Waals surface area (Å²) in [5, 5.41) is 12.5. The zero-order valence-corrected chi connectivity index (χ0v) is 12.0. The van der Waals surface area contributed by atoms with E-state index in [1.165, 1.54) is 12.1 Å². The van der Waals surface area contributed by atoms with Gasteiger partial charge in [-0.15, -0.1) is 0 Å². The largest absolute Gasteiger partial charge is 0.358 e. The van der Waals surface area contributed by atoms with Crippen LogP contribution >= 0.6 is 0 Å². The number of benzene rings is 2. The van der Waals surface area contributed by atoms with Crippen molar-refractivity contribution in [2.45, 2.75) is 11.8 Å². The number of hydrogen-bond acceptors (Lipinski definition) is 5. The number of nitriles is 1. The van der Waals surface area contributed by atoms with E-state index in [0.29, 0.717) is 5.56 Å². The van der Waals surface area contributed by atoms with Crippen molar-refractivity contribution >= 4 is 15.8 Å². The lowest BCUT2D eigenvalue weighted by Crippen LogP contribution is -2.06. The van der Waals surface area contributed by atoms with Crippen LogP contribution in [0.2, 0.25) is 0 Å². The average molecular weight is 300 g/mol. The van der Waals surface area contributed by atoms with Gasteiger partial charge in [-0.1, -0.05) is 53.2 Å². The Bertz CT molecular complexity index is 789. The molecule has 2 aromatic rings. The summed E-state index contributed by atoms with van der Waals surface area (Å²) in [6.07, 6.45) is 0. The Hall–Kier alpha value is -2.65. The van der Waals surface area contributed by atoms with E-state index in [0.717, 1.165) is 5.56 Å². The van der Waals surface area contributed by atoms with Gasteiger partial charge >= 0.3 is 10.1 Å². The molecule has 2 aromatic carbocycles. The first-order chi connectivity index (χ1) is 10.0. The molecule has 0 radical (unpaired) electrons. The summed E-state index contributed by atoms with van der Waals surface area (Å²) in [7, 11) is -4.03. The van der Waals surface area contributed by atoms with Gasteiger partial charge in [-0.3, -0.25) is 4.28 Å². The molecule has 0 N–H and O–H groups in total. The van der Waals surface area contributed by atoms with E-state index in [-0.39, 0.29) is 10.6 Å². The van der Waals surface area contributed by atoms with Crippen molar-refractivity contribution in [3.8, 4) is 6.07 Å². The Morgan fingerprint density at radius 1 is 1.10 bits per heavy atom. The fourth-order valence-electron chi connectivity index (χ4n) is 1.57. The van der Waals surface area contributed by atoms with Crippen LogP contribution in [-0.2, 0) is 14.4 Å². The van der Waals surface area contributed by atoms with Gasteiger partial charge in [0.2, 0.25) is 0 Å². The van der Waals surface area contributed by atoms with Gasteiger partial charge in [0.1, 0.15) is 11.0 Å². The number of aryl methyl sites for hydroxylation is 1. The van der Waals surface area contributed by atoms with Gasteiger partial charge in [-0.2, -0.15) is 13.7 Å². The highest BCUT2D eigenvalue weighted by molar-refractivity contribution is 7.86. The third-order valence-corrected chi connectivity index (χ3v) is 3.81. The molecule has 0 saturated carbocycles. The molecule has 0 saturated heterocycles. The molecule has 0 unspecified atom stereocenters. The van der Waals surface area contributed by atoms with E-state index in [4.69, 9.17) is 5.26 Å². The van der Waals surface area contributed by atoms with E-state index in [2.05, 4.69) is 9.44 Å². The SMILES string of the molecule is Cc1ccc(S(=O)(=O)O/N=C(/C#N)c2ccccc2)cc1. The summed E-state index contributed by atoms with van der Waals surface area (Å²) in [5.41, 5.74) is 1.31. The highest BCUT2D eigenvalue weighted by Gasteiger charge is 2.16. The molecule has 0 aromatic heterocycles. The van der Waals surface area contributed by atoms with Gasteiger partial charge in [0.25, 0.3) is 0 Å². The monoisotopic (exact) mass is 300 g/mol. The van der Waals surface area contributed by atoms with E-state index >= 15 is 0 Å². The Labute approximate surface area is 123 Å². The second-order valence-electron chi connectivity index (χ2n) is 4.26. The van der Waals surface area contributed by atoms with Gasteiger partial charge in [-0.25, -0.2) is 0 Å². The minimum Gasteiger partial charge on any atom is -0.263 e. The summed E-state index contributed by atoms with van der Waals surface area (Å²) in [6, 6.07) is 16.5. The van der Waals surface area contributed by atoms with Crippen molar-refractivity contribution in [1.82, 2.24) is 0 Å². The Kier molecular flexibility index (Phi) is 4.36. The minimum atomic E-state index is -4.03. The van der Waals surface area contributed by atoms with Gasteiger partial charge < -0.3 is 0 Å². The first-order valence-corrected chi connectivity index (χ1v) is 7.47. The van der Waals surface area contributed by atoms with Crippen LogP contribution in [0.25, 0.3) is 0 Å². The molecule has 6 heteroatoms. The molecule has 2 rings (SSSR count). The predicted octanol–water partition coefficient (Wildman–Crippen LogP) is 2.63. The number of hydrogen-bond donors (Lipinski definition) is 0. The molecule has 0 heterocycles. The van der Waals surface area contributed by atoms with Crippen molar-refractivity contribution in [1.29, 1.82) is 5.26 Å². The summed E-state index contributed by atoms with van der Waals surface area (Å²) < 4.78 is 28.5. The van der Waals surface area contributed by atoms with Crippen LogP contribution in [0.3, 0.4) is 0 Å². The lowest BCUT2D eigenvalue weighted by Gasteiger charge is -2.02. The topological polar surface area (TPSA) is 79.5 Å². The lowest BCUT2D eigenvalue weighted by atomic mass is 10.1. The van der Waals surface area contributed by atoms with Crippen LogP contribution in [0.5, 0.6) is 0 Å². The van der Waals surface area contributed by atoms with E-state index in [1.807, 2.05) is 13.0 Å². The molecule has 0 aliphatic heterocycles. The lowest BCUT2D eigenvalue weighted by molar-refractivity contribution is 0.339. The van der Waals surface area contributed by atoms with Crippen LogP contribution in [-0.4, -0.2) is 14.1 Å². The quantitative estimate of drug-likeness (QED) is 0.642. The molecule has 0 atom stereocenters. The van der Waals surface area contributed by atoms with Crippen molar-refractivity contribution in [2.75, 3.05) is 0 Å². The molecule has 0 aliphatic carbocycles. The van der Waals surface area contributed by atoms with Gasteiger partial charge in [0.15, 0.2) is 5.71 Å². The Balaban J connectivity index is 2.26. The van der Waals surface area contributed by atoms with Crippen LogP contribution in [0, 0.1) is 18.3 Å². The van der Waals surface area contributed by atoms with Gasteiger partial charge in [0, 0.05) is 5.56 Å². The van der Waals surface area contributed by atoms with E-state index in [9.17, 15) is 8.42 Å². The predicted molar refractivity (Wildman–Crippen MR) is 78.0 cm³/mol. The minimum absolute atomic E-state index is 0.0119. The molecule has 0 bridgehead atoms. The number of oxime groups is 1. The molecular weight excluding hydrogens is 288 g/mol. The maximum Gasteiger partial charge on any atom is 0.358 e. The van der Waals surface area contributed by atoms with Crippen molar-refractivity contribution < 1.29 is 12.7 Å². The zero-order chi connectivity index (χ0) is 15.3. The number of rotatable bonds is 4. The zero-order valence-electron chi connectivity index (χ0n) is 11.2. The van der Waals surface area contributed by atoms with Crippen LogP contribution < -0.4 is 0 Å². The maximum absolute atomic E-state index is 12.0. The van der Waals surface area contributed by atoms with Crippen LogP contribution in [0.4, 0.5) is 0 Å². The van der Waals surface area contributed by atoms with Gasteiger partial charge in [-0.05, 0) is 19.1 Å². The van der Waals surface area contributed by atoms with E-state index < -0.39 is 10.1 Å². The summed E-state index contributed by atoms with van der Waals surface area (Å²) in [5.74, 6) is 0. The summed E-state index contributed by atoms with van der Waals surface area (Å²) >= 11 is 0. The van der Waals surface area contributed by atoms with Crippen molar-refractivity contribution in [2.24, 2.45) is 5.16 Å². The van der Waals surface area contributed by atoms with Crippen LogP contribution in [0.1, 0.15) is 11.1 Å². The molecule has 5 nitrogen and oxygen atoms in total. The number of nitrogens with zero attached hydrogens (tertiary/aromatic N) is 2.